The zero-order valence-electron chi connectivity index (χ0n) is 9.94. The number of Topliss-reactive ketones (excluding diaryl/α,β-unsaturated/α-hetero) is 1. The van der Waals surface area contributed by atoms with Crippen LogP contribution in [0.1, 0.15) is 24.5 Å². The summed E-state index contributed by atoms with van der Waals surface area (Å²) in [5, 5.41) is 0. The van der Waals surface area contributed by atoms with Gasteiger partial charge in [0.1, 0.15) is 5.78 Å². The first-order chi connectivity index (χ1) is 8.20. The van der Waals surface area contributed by atoms with Crippen molar-refractivity contribution in [3.05, 3.63) is 35.4 Å². The number of carbonyl (C=O) groups is 2. The van der Waals surface area contributed by atoms with Gasteiger partial charge in [0, 0.05) is 12.3 Å². The lowest BCUT2D eigenvalue weighted by atomic mass is 9.81. The molecule has 90 valence electrons. The van der Waals surface area contributed by atoms with Gasteiger partial charge in [0.05, 0.1) is 13.0 Å². The fourth-order valence-electron chi connectivity index (χ4n) is 2.25. The summed E-state index contributed by atoms with van der Waals surface area (Å²) >= 11 is 0. The van der Waals surface area contributed by atoms with Crippen LogP contribution in [0, 0.1) is 5.92 Å². The van der Waals surface area contributed by atoms with Crippen molar-refractivity contribution in [1.29, 1.82) is 0 Å². The van der Waals surface area contributed by atoms with E-state index in [2.05, 4.69) is 0 Å². The van der Waals surface area contributed by atoms with E-state index in [1.54, 1.807) is 6.92 Å². The van der Waals surface area contributed by atoms with Gasteiger partial charge < -0.3 is 4.74 Å². The maximum atomic E-state index is 11.9. The lowest BCUT2D eigenvalue weighted by Crippen LogP contribution is -2.28. The standard InChI is InChI=1S/C14H16O3/c1-2-17-14(16)9-12-7-10-5-3-4-6-11(10)8-13(12)15/h3-6,12H,2,7-9H2,1H3. The molecule has 0 aromatic heterocycles. The molecule has 0 saturated carbocycles. The smallest absolute Gasteiger partial charge is 0.306 e. The third-order valence-corrected chi connectivity index (χ3v) is 3.12. The Hall–Kier alpha value is -1.64. The average Bonchev–Trinajstić information content (AvgIpc) is 2.30. The highest BCUT2D eigenvalue weighted by Crippen LogP contribution is 2.25. The summed E-state index contributed by atoms with van der Waals surface area (Å²) < 4.78 is 4.89. The first-order valence-electron chi connectivity index (χ1n) is 5.95. The second-order valence-electron chi connectivity index (χ2n) is 4.32. The highest BCUT2D eigenvalue weighted by atomic mass is 16.5. The molecule has 0 spiro atoms. The van der Waals surface area contributed by atoms with Crippen LogP contribution in [0.25, 0.3) is 0 Å². The predicted octanol–water partition coefficient (Wildman–Crippen LogP) is 1.92. The molecule has 2 rings (SSSR count). The summed E-state index contributed by atoms with van der Waals surface area (Å²) in [5.74, 6) is -0.328. The van der Waals surface area contributed by atoms with Crippen LogP contribution in [0.4, 0.5) is 0 Å². The van der Waals surface area contributed by atoms with Gasteiger partial charge in [-0.3, -0.25) is 9.59 Å². The molecule has 1 aromatic carbocycles. The van der Waals surface area contributed by atoms with Crippen molar-refractivity contribution in [2.45, 2.75) is 26.2 Å². The van der Waals surface area contributed by atoms with Gasteiger partial charge in [-0.15, -0.1) is 0 Å². The lowest BCUT2D eigenvalue weighted by molar-refractivity contribution is -0.146. The van der Waals surface area contributed by atoms with Gasteiger partial charge in [-0.1, -0.05) is 24.3 Å². The second-order valence-corrected chi connectivity index (χ2v) is 4.32. The van der Waals surface area contributed by atoms with Crippen LogP contribution in [0.15, 0.2) is 24.3 Å². The number of fused-ring (bicyclic) bond motifs is 1. The molecular formula is C14H16O3. The van der Waals surface area contributed by atoms with E-state index < -0.39 is 0 Å². The Bertz CT molecular complexity index is 437. The molecule has 0 bridgehead atoms. The number of ketones is 1. The van der Waals surface area contributed by atoms with E-state index in [0.717, 1.165) is 5.56 Å². The zero-order valence-corrected chi connectivity index (χ0v) is 9.94. The molecule has 1 aliphatic carbocycles. The summed E-state index contributed by atoms with van der Waals surface area (Å²) in [5.41, 5.74) is 2.28. The predicted molar refractivity (Wildman–Crippen MR) is 63.6 cm³/mol. The van der Waals surface area contributed by atoms with Crippen LogP contribution in [0.5, 0.6) is 0 Å². The van der Waals surface area contributed by atoms with E-state index in [1.165, 1.54) is 5.56 Å². The maximum absolute atomic E-state index is 11.9. The van der Waals surface area contributed by atoms with Crippen molar-refractivity contribution in [3.8, 4) is 0 Å². The van der Waals surface area contributed by atoms with Crippen molar-refractivity contribution in [2.75, 3.05) is 6.61 Å². The molecule has 0 fully saturated rings. The SMILES string of the molecule is CCOC(=O)CC1Cc2ccccc2CC1=O. The molecule has 1 unspecified atom stereocenters. The molecule has 3 nitrogen and oxygen atoms in total. The summed E-state index contributed by atoms with van der Waals surface area (Å²) in [6.07, 6.45) is 1.31. The third kappa shape index (κ3) is 2.73. The molecule has 3 heteroatoms. The van der Waals surface area contributed by atoms with Crippen LogP contribution >= 0.6 is 0 Å². The molecule has 0 N–H and O–H groups in total. The third-order valence-electron chi connectivity index (χ3n) is 3.12. The molecule has 1 aliphatic rings. The molecule has 0 radical (unpaired) electrons. The van der Waals surface area contributed by atoms with Gasteiger partial charge >= 0.3 is 5.97 Å². The number of rotatable bonds is 3. The van der Waals surface area contributed by atoms with Gasteiger partial charge in [-0.25, -0.2) is 0 Å². The van der Waals surface area contributed by atoms with Gasteiger partial charge in [0.2, 0.25) is 0 Å². The van der Waals surface area contributed by atoms with E-state index in [0.29, 0.717) is 19.4 Å². The monoisotopic (exact) mass is 232 g/mol. The van der Waals surface area contributed by atoms with Gasteiger partial charge in [0.15, 0.2) is 0 Å². The first kappa shape index (κ1) is 11.8. The number of esters is 1. The number of carbonyl (C=O) groups excluding carboxylic acids is 2. The minimum absolute atomic E-state index is 0.150. The minimum Gasteiger partial charge on any atom is -0.466 e. The Morgan fingerprint density at radius 3 is 2.76 bits per heavy atom. The summed E-state index contributed by atoms with van der Waals surface area (Å²) in [7, 11) is 0. The van der Waals surface area contributed by atoms with Crippen LogP contribution in [0.3, 0.4) is 0 Å². The number of hydrogen-bond acceptors (Lipinski definition) is 3. The summed E-state index contributed by atoms with van der Waals surface area (Å²) in [4.78, 5) is 23.3. The van der Waals surface area contributed by atoms with Crippen molar-refractivity contribution in [2.24, 2.45) is 5.92 Å². The van der Waals surface area contributed by atoms with Gasteiger partial charge in [-0.05, 0) is 24.5 Å². The van der Waals surface area contributed by atoms with E-state index in [4.69, 9.17) is 4.74 Å². The fourth-order valence-corrected chi connectivity index (χ4v) is 2.25. The van der Waals surface area contributed by atoms with E-state index in [9.17, 15) is 9.59 Å². The summed E-state index contributed by atoms with van der Waals surface area (Å²) in [6.45, 7) is 2.15. The average molecular weight is 232 g/mol. The van der Waals surface area contributed by atoms with Gasteiger partial charge in [-0.2, -0.15) is 0 Å². The van der Waals surface area contributed by atoms with E-state index in [1.807, 2.05) is 24.3 Å². The van der Waals surface area contributed by atoms with Crippen LogP contribution in [0.2, 0.25) is 0 Å². The fraction of sp³-hybridized carbons (Fsp3) is 0.429. The quantitative estimate of drug-likeness (QED) is 0.748. The molecule has 0 saturated heterocycles. The van der Waals surface area contributed by atoms with Crippen molar-refractivity contribution in [3.63, 3.8) is 0 Å². The number of ether oxygens (including phenoxy) is 1. The zero-order chi connectivity index (χ0) is 12.3. The Labute approximate surface area is 101 Å². The molecule has 0 heterocycles. The molecule has 0 aliphatic heterocycles. The van der Waals surface area contributed by atoms with Crippen LogP contribution in [-0.4, -0.2) is 18.4 Å². The highest BCUT2D eigenvalue weighted by Gasteiger charge is 2.28. The summed E-state index contributed by atoms with van der Waals surface area (Å²) in [6, 6.07) is 7.92. The molecular weight excluding hydrogens is 216 g/mol. The number of hydrogen-bond donors (Lipinski definition) is 0. The van der Waals surface area contributed by atoms with E-state index in [-0.39, 0.29) is 24.1 Å². The number of benzene rings is 1. The Balaban J connectivity index is 2.07. The Morgan fingerprint density at radius 2 is 2.06 bits per heavy atom. The topological polar surface area (TPSA) is 43.4 Å². The van der Waals surface area contributed by atoms with Crippen molar-refractivity contribution in [1.82, 2.24) is 0 Å². The second kappa shape index (κ2) is 5.13. The lowest BCUT2D eigenvalue weighted by Gasteiger charge is -2.22. The maximum Gasteiger partial charge on any atom is 0.306 e. The largest absolute Gasteiger partial charge is 0.466 e. The Morgan fingerprint density at radius 1 is 1.35 bits per heavy atom. The molecule has 0 amide bonds. The van der Waals surface area contributed by atoms with Gasteiger partial charge in [0.25, 0.3) is 0 Å². The molecule has 1 atom stereocenters. The van der Waals surface area contributed by atoms with Crippen LogP contribution < -0.4 is 0 Å². The van der Waals surface area contributed by atoms with Crippen LogP contribution in [-0.2, 0) is 27.2 Å². The minimum atomic E-state index is -0.273. The van der Waals surface area contributed by atoms with Crippen molar-refractivity contribution >= 4 is 11.8 Å². The van der Waals surface area contributed by atoms with E-state index >= 15 is 0 Å². The molecule has 17 heavy (non-hydrogen) atoms. The molecule has 1 aromatic rings. The first-order valence-corrected chi connectivity index (χ1v) is 5.95. The highest BCUT2D eigenvalue weighted by molar-refractivity contribution is 5.88. The van der Waals surface area contributed by atoms with Crippen molar-refractivity contribution < 1.29 is 14.3 Å². The Kier molecular flexibility index (Phi) is 3.57. The normalized spacial score (nSPS) is 18.6.